The summed E-state index contributed by atoms with van der Waals surface area (Å²) < 4.78 is 0. The highest BCUT2D eigenvalue weighted by Gasteiger charge is 2.22. The quantitative estimate of drug-likeness (QED) is 0.854. The van der Waals surface area contributed by atoms with Gasteiger partial charge in [0.1, 0.15) is 0 Å². The molecule has 0 spiro atoms. The first kappa shape index (κ1) is 13.6. The van der Waals surface area contributed by atoms with Crippen molar-refractivity contribution in [2.75, 3.05) is 6.54 Å². The van der Waals surface area contributed by atoms with Crippen molar-refractivity contribution in [1.82, 2.24) is 5.32 Å². The fourth-order valence-electron chi connectivity index (χ4n) is 2.60. The lowest BCUT2D eigenvalue weighted by Gasteiger charge is -2.11. The molecule has 0 aliphatic heterocycles. The Balaban J connectivity index is 1.85. The molecule has 0 heterocycles. The lowest BCUT2D eigenvalue weighted by atomic mass is 10.0. The zero-order valence-electron chi connectivity index (χ0n) is 10.9. The topological polar surface area (TPSA) is 66.4 Å². The van der Waals surface area contributed by atoms with E-state index in [9.17, 15) is 9.59 Å². The first-order chi connectivity index (χ1) is 9.18. The second-order valence-corrected chi connectivity index (χ2v) is 4.98. The Labute approximate surface area is 112 Å². The molecule has 0 bridgehead atoms. The minimum atomic E-state index is -0.919. The molecule has 1 aromatic rings. The van der Waals surface area contributed by atoms with Gasteiger partial charge in [-0.2, -0.15) is 0 Å². The number of carbonyl (C=O) groups is 2. The zero-order valence-corrected chi connectivity index (χ0v) is 10.9. The molecule has 0 atom stereocenters. The molecular formula is C15H19NO3. The molecule has 1 aromatic carbocycles. The summed E-state index contributed by atoms with van der Waals surface area (Å²) in [6, 6.07) is 6.92. The maximum Gasteiger partial charge on any atom is 0.335 e. The van der Waals surface area contributed by atoms with Crippen LogP contribution < -0.4 is 5.32 Å². The van der Waals surface area contributed by atoms with E-state index >= 15 is 0 Å². The number of hydrogen-bond acceptors (Lipinski definition) is 2. The second kappa shape index (κ2) is 6.36. The lowest BCUT2D eigenvalue weighted by Crippen LogP contribution is -2.31. The number of nitrogens with one attached hydrogen (secondary N) is 1. The van der Waals surface area contributed by atoms with Crippen molar-refractivity contribution in [3.8, 4) is 0 Å². The van der Waals surface area contributed by atoms with Gasteiger partial charge in [-0.15, -0.1) is 0 Å². The van der Waals surface area contributed by atoms with E-state index in [-0.39, 0.29) is 11.8 Å². The van der Waals surface area contributed by atoms with E-state index in [0.29, 0.717) is 18.5 Å². The Morgan fingerprint density at radius 1 is 1.21 bits per heavy atom. The first-order valence-electron chi connectivity index (χ1n) is 6.77. The summed E-state index contributed by atoms with van der Waals surface area (Å²) in [6.45, 7) is 0.500. The fourth-order valence-corrected chi connectivity index (χ4v) is 2.60. The number of carboxylic acid groups (broad SMARTS) is 1. The smallest absolute Gasteiger partial charge is 0.335 e. The summed E-state index contributed by atoms with van der Waals surface area (Å²) in [5, 5.41) is 12.0. The van der Waals surface area contributed by atoms with E-state index in [4.69, 9.17) is 5.11 Å². The van der Waals surface area contributed by atoms with E-state index in [0.717, 1.165) is 31.2 Å². The number of carboxylic acids is 1. The van der Waals surface area contributed by atoms with Gasteiger partial charge < -0.3 is 10.4 Å². The molecule has 0 radical (unpaired) electrons. The predicted molar refractivity (Wildman–Crippen MR) is 72.1 cm³/mol. The van der Waals surface area contributed by atoms with Crippen LogP contribution in [-0.2, 0) is 11.2 Å². The van der Waals surface area contributed by atoms with Crippen LogP contribution in [0.1, 0.15) is 41.6 Å². The maximum atomic E-state index is 11.8. The number of hydrogen-bond donors (Lipinski definition) is 2. The van der Waals surface area contributed by atoms with Crippen LogP contribution >= 0.6 is 0 Å². The van der Waals surface area contributed by atoms with Crippen molar-refractivity contribution in [2.45, 2.75) is 32.1 Å². The molecule has 4 nitrogen and oxygen atoms in total. The minimum Gasteiger partial charge on any atom is -0.478 e. The van der Waals surface area contributed by atoms with Crippen LogP contribution in [0.2, 0.25) is 0 Å². The number of amides is 1. The molecular weight excluding hydrogens is 242 g/mol. The molecule has 1 aliphatic rings. The van der Waals surface area contributed by atoms with Gasteiger partial charge in [-0.05, 0) is 30.9 Å². The summed E-state index contributed by atoms with van der Waals surface area (Å²) >= 11 is 0. The summed E-state index contributed by atoms with van der Waals surface area (Å²) in [5.74, 6) is -0.641. The summed E-state index contributed by atoms with van der Waals surface area (Å²) in [7, 11) is 0. The summed E-state index contributed by atoms with van der Waals surface area (Å²) in [6.07, 6.45) is 4.80. The van der Waals surface area contributed by atoms with Crippen molar-refractivity contribution in [2.24, 2.45) is 5.92 Å². The molecule has 4 heteroatoms. The van der Waals surface area contributed by atoms with E-state index in [1.54, 1.807) is 18.2 Å². The van der Waals surface area contributed by atoms with Crippen LogP contribution in [0.25, 0.3) is 0 Å². The molecule has 2 rings (SSSR count). The third kappa shape index (κ3) is 3.56. The lowest BCUT2D eigenvalue weighted by molar-refractivity contribution is -0.124. The largest absolute Gasteiger partial charge is 0.478 e. The standard InChI is InChI=1S/C15H19NO3/c17-14(12-6-1-2-7-12)16-10-9-11-5-3-4-8-13(11)15(18)19/h3-5,8,12H,1-2,6-7,9-10H2,(H,16,17)(H,18,19). The number of carbonyl (C=O) groups excluding carboxylic acids is 1. The first-order valence-corrected chi connectivity index (χ1v) is 6.77. The maximum absolute atomic E-state index is 11.8. The number of aromatic carboxylic acids is 1. The fraction of sp³-hybridized carbons (Fsp3) is 0.467. The van der Waals surface area contributed by atoms with Crippen molar-refractivity contribution >= 4 is 11.9 Å². The van der Waals surface area contributed by atoms with Gasteiger partial charge in [0, 0.05) is 12.5 Å². The molecule has 0 unspecified atom stereocenters. The van der Waals surface area contributed by atoms with E-state index in [1.807, 2.05) is 6.07 Å². The van der Waals surface area contributed by atoms with Gasteiger partial charge >= 0.3 is 5.97 Å². The van der Waals surface area contributed by atoms with E-state index in [2.05, 4.69) is 5.32 Å². The summed E-state index contributed by atoms with van der Waals surface area (Å²) in [5.41, 5.74) is 1.08. The highest BCUT2D eigenvalue weighted by atomic mass is 16.4. The van der Waals surface area contributed by atoms with Crippen LogP contribution in [0.5, 0.6) is 0 Å². The van der Waals surface area contributed by atoms with Gasteiger partial charge in [0.05, 0.1) is 5.56 Å². The monoisotopic (exact) mass is 261 g/mol. The summed E-state index contributed by atoms with van der Waals surface area (Å²) in [4.78, 5) is 22.9. The second-order valence-electron chi connectivity index (χ2n) is 4.98. The van der Waals surface area contributed by atoms with Crippen LogP contribution in [0, 0.1) is 5.92 Å². The molecule has 1 saturated carbocycles. The van der Waals surface area contributed by atoms with Gasteiger partial charge in [-0.3, -0.25) is 4.79 Å². The average molecular weight is 261 g/mol. The molecule has 1 amide bonds. The molecule has 1 fully saturated rings. The SMILES string of the molecule is O=C(O)c1ccccc1CCNC(=O)C1CCCC1. The van der Waals surface area contributed by atoms with Crippen LogP contribution in [0.3, 0.4) is 0 Å². The van der Waals surface area contributed by atoms with Gasteiger partial charge in [0.15, 0.2) is 0 Å². The molecule has 0 aromatic heterocycles. The minimum absolute atomic E-state index is 0.116. The molecule has 19 heavy (non-hydrogen) atoms. The highest BCUT2D eigenvalue weighted by molar-refractivity contribution is 5.89. The van der Waals surface area contributed by atoms with Crippen molar-refractivity contribution in [3.05, 3.63) is 35.4 Å². The predicted octanol–water partition coefficient (Wildman–Crippen LogP) is 2.23. The average Bonchev–Trinajstić information content (AvgIpc) is 2.93. The van der Waals surface area contributed by atoms with Crippen molar-refractivity contribution < 1.29 is 14.7 Å². The molecule has 0 saturated heterocycles. The van der Waals surface area contributed by atoms with E-state index in [1.165, 1.54) is 0 Å². The van der Waals surface area contributed by atoms with Crippen molar-refractivity contribution in [3.63, 3.8) is 0 Å². The number of benzene rings is 1. The number of rotatable bonds is 5. The Morgan fingerprint density at radius 2 is 1.89 bits per heavy atom. The third-order valence-electron chi connectivity index (χ3n) is 3.67. The molecule has 102 valence electrons. The highest BCUT2D eigenvalue weighted by Crippen LogP contribution is 2.24. The van der Waals surface area contributed by atoms with Gasteiger partial charge in [-0.1, -0.05) is 31.0 Å². The zero-order chi connectivity index (χ0) is 13.7. The van der Waals surface area contributed by atoms with E-state index < -0.39 is 5.97 Å². The Hall–Kier alpha value is -1.84. The third-order valence-corrected chi connectivity index (χ3v) is 3.67. The van der Waals surface area contributed by atoms with Gasteiger partial charge in [0.25, 0.3) is 0 Å². The van der Waals surface area contributed by atoms with Gasteiger partial charge in [0.2, 0.25) is 5.91 Å². The van der Waals surface area contributed by atoms with Crippen LogP contribution in [0.15, 0.2) is 24.3 Å². The van der Waals surface area contributed by atoms with Crippen molar-refractivity contribution in [1.29, 1.82) is 0 Å². The molecule has 1 aliphatic carbocycles. The van der Waals surface area contributed by atoms with Crippen LogP contribution in [0.4, 0.5) is 0 Å². The Bertz CT molecular complexity index is 464. The normalized spacial score (nSPS) is 15.4. The Kier molecular flexibility index (Phi) is 4.55. The Morgan fingerprint density at radius 3 is 2.58 bits per heavy atom. The van der Waals surface area contributed by atoms with Crippen LogP contribution in [-0.4, -0.2) is 23.5 Å². The van der Waals surface area contributed by atoms with Gasteiger partial charge in [-0.25, -0.2) is 4.79 Å². The molecule has 2 N–H and O–H groups in total.